The van der Waals surface area contributed by atoms with Gasteiger partial charge in [0.15, 0.2) is 0 Å². The number of carbonyl (C=O) groups excluding carboxylic acids is 2. The van der Waals surface area contributed by atoms with Gasteiger partial charge in [0.05, 0.1) is 5.92 Å². The Labute approximate surface area is 121 Å². The summed E-state index contributed by atoms with van der Waals surface area (Å²) in [5.41, 5.74) is 1.14. The Hall–Kier alpha value is -1.32. The molecule has 1 saturated heterocycles. The Morgan fingerprint density at radius 3 is 2.70 bits per heavy atom. The smallest absolute Gasteiger partial charge is 0.225 e. The first kappa shape index (κ1) is 15.1. The van der Waals surface area contributed by atoms with Gasteiger partial charge in [-0.05, 0) is 46.5 Å². The van der Waals surface area contributed by atoms with E-state index in [2.05, 4.69) is 11.4 Å². The van der Waals surface area contributed by atoms with Crippen molar-refractivity contribution in [2.45, 2.75) is 58.4 Å². The minimum atomic E-state index is -0.196. The third kappa shape index (κ3) is 3.62. The first-order valence-corrected chi connectivity index (χ1v) is 7.64. The molecule has 0 bridgehead atoms. The molecule has 0 aromatic carbocycles. The van der Waals surface area contributed by atoms with E-state index in [4.69, 9.17) is 0 Å². The highest BCUT2D eigenvalue weighted by Crippen LogP contribution is 2.26. The summed E-state index contributed by atoms with van der Waals surface area (Å²) < 4.78 is 0. The zero-order chi connectivity index (χ0) is 14.8. The van der Waals surface area contributed by atoms with Gasteiger partial charge < -0.3 is 10.2 Å². The van der Waals surface area contributed by atoms with Crippen LogP contribution < -0.4 is 5.32 Å². The molecule has 2 aliphatic rings. The van der Waals surface area contributed by atoms with Crippen molar-refractivity contribution in [1.82, 2.24) is 10.2 Å². The fourth-order valence-corrected chi connectivity index (χ4v) is 2.94. The minimum absolute atomic E-state index is 0.0246. The van der Waals surface area contributed by atoms with Gasteiger partial charge in [0.2, 0.25) is 11.8 Å². The standard InChI is InChI=1S/C16H26N2O2/c1-16(2,3)18-11-13(9-14(18)19)15(20)17-10-12-7-5-4-6-8-12/h7,13H,4-6,8-11H2,1-3H3,(H,17,20)/t13-/m0/s1. The van der Waals surface area contributed by atoms with Crippen LogP contribution in [0.2, 0.25) is 0 Å². The first-order chi connectivity index (χ1) is 9.38. The molecule has 1 aliphatic carbocycles. The van der Waals surface area contributed by atoms with Crippen LogP contribution in [0.3, 0.4) is 0 Å². The van der Waals surface area contributed by atoms with Gasteiger partial charge in [0.1, 0.15) is 0 Å². The van der Waals surface area contributed by atoms with Gasteiger partial charge in [0, 0.05) is 25.0 Å². The summed E-state index contributed by atoms with van der Waals surface area (Å²) in [6.45, 7) is 7.24. The Bertz CT molecular complexity index is 421. The van der Waals surface area contributed by atoms with Crippen LogP contribution in [0.1, 0.15) is 52.9 Å². The molecular weight excluding hydrogens is 252 g/mol. The molecule has 4 nitrogen and oxygen atoms in total. The Morgan fingerprint density at radius 2 is 2.15 bits per heavy atom. The number of allylic oxidation sites excluding steroid dienone is 1. The van der Waals surface area contributed by atoms with Gasteiger partial charge in [-0.1, -0.05) is 11.6 Å². The third-order valence-electron chi connectivity index (χ3n) is 4.18. The molecule has 0 unspecified atom stereocenters. The minimum Gasteiger partial charge on any atom is -0.352 e. The van der Waals surface area contributed by atoms with Crippen molar-refractivity contribution in [2.24, 2.45) is 5.92 Å². The summed E-state index contributed by atoms with van der Waals surface area (Å²) in [4.78, 5) is 26.0. The predicted molar refractivity (Wildman–Crippen MR) is 79.1 cm³/mol. The average molecular weight is 278 g/mol. The van der Waals surface area contributed by atoms with E-state index in [0.717, 1.165) is 12.8 Å². The van der Waals surface area contributed by atoms with Crippen LogP contribution in [0, 0.1) is 5.92 Å². The summed E-state index contributed by atoms with van der Waals surface area (Å²) >= 11 is 0. The average Bonchev–Trinajstić information content (AvgIpc) is 2.79. The fourth-order valence-electron chi connectivity index (χ4n) is 2.94. The van der Waals surface area contributed by atoms with Crippen LogP contribution in [0.5, 0.6) is 0 Å². The molecule has 1 fully saturated rings. The van der Waals surface area contributed by atoms with Gasteiger partial charge in [0.25, 0.3) is 0 Å². The second-order valence-corrected chi connectivity index (χ2v) is 6.90. The number of hydrogen-bond acceptors (Lipinski definition) is 2. The number of carbonyl (C=O) groups is 2. The molecule has 20 heavy (non-hydrogen) atoms. The van der Waals surface area contributed by atoms with E-state index in [1.807, 2.05) is 25.7 Å². The zero-order valence-electron chi connectivity index (χ0n) is 12.9. The van der Waals surface area contributed by atoms with E-state index < -0.39 is 0 Å². The monoisotopic (exact) mass is 278 g/mol. The van der Waals surface area contributed by atoms with Crippen molar-refractivity contribution >= 4 is 11.8 Å². The lowest BCUT2D eigenvalue weighted by molar-refractivity contribution is -0.132. The highest BCUT2D eigenvalue weighted by Gasteiger charge is 2.39. The molecule has 112 valence electrons. The Morgan fingerprint density at radius 1 is 1.40 bits per heavy atom. The highest BCUT2D eigenvalue weighted by atomic mass is 16.2. The number of likely N-dealkylation sites (tertiary alicyclic amines) is 1. The molecule has 4 heteroatoms. The normalized spacial score (nSPS) is 23.8. The van der Waals surface area contributed by atoms with Crippen molar-refractivity contribution in [1.29, 1.82) is 0 Å². The van der Waals surface area contributed by atoms with Crippen molar-refractivity contribution in [3.8, 4) is 0 Å². The van der Waals surface area contributed by atoms with Gasteiger partial charge >= 0.3 is 0 Å². The van der Waals surface area contributed by atoms with Gasteiger partial charge in [-0.2, -0.15) is 0 Å². The van der Waals surface area contributed by atoms with Gasteiger partial charge in [-0.15, -0.1) is 0 Å². The van der Waals surface area contributed by atoms with Crippen molar-refractivity contribution in [3.05, 3.63) is 11.6 Å². The maximum atomic E-state index is 12.2. The maximum Gasteiger partial charge on any atom is 0.225 e. The summed E-state index contributed by atoms with van der Waals surface area (Å²) in [7, 11) is 0. The van der Waals surface area contributed by atoms with E-state index in [0.29, 0.717) is 19.5 Å². The predicted octanol–water partition coefficient (Wildman–Crippen LogP) is 2.25. The Kier molecular flexibility index (Phi) is 4.51. The lowest BCUT2D eigenvalue weighted by atomic mass is 9.99. The molecule has 1 N–H and O–H groups in total. The van der Waals surface area contributed by atoms with Crippen LogP contribution in [0.25, 0.3) is 0 Å². The van der Waals surface area contributed by atoms with E-state index >= 15 is 0 Å². The van der Waals surface area contributed by atoms with E-state index in [-0.39, 0.29) is 23.3 Å². The Balaban J connectivity index is 1.85. The molecule has 1 aliphatic heterocycles. The van der Waals surface area contributed by atoms with Crippen molar-refractivity contribution in [2.75, 3.05) is 13.1 Å². The number of amides is 2. The lowest BCUT2D eigenvalue weighted by Crippen LogP contribution is -2.43. The molecule has 2 rings (SSSR count). The molecule has 0 aromatic heterocycles. The largest absolute Gasteiger partial charge is 0.352 e. The third-order valence-corrected chi connectivity index (χ3v) is 4.18. The quantitative estimate of drug-likeness (QED) is 0.805. The highest BCUT2D eigenvalue weighted by molar-refractivity contribution is 5.89. The van der Waals surface area contributed by atoms with E-state index in [9.17, 15) is 9.59 Å². The number of rotatable bonds is 3. The molecule has 1 heterocycles. The van der Waals surface area contributed by atoms with E-state index in [1.54, 1.807) is 0 Å². The van der Waals surface area contributed by atoms with Crippen LogP contribution >= 0.6 is 0 Å². The second kappa shape index (κ2) is 5.98. The topological polar surface area (TPSA) is 49.4 Å². The number of nitrogens with one attached hydrogen (secondary N) is 1. The fraction of sp³-hybridized carbons (Fsp3) is 0.750. The van der Waals surface area contributed by atoms with Crippen molar-refractivity contribution < 1.29 is 9.59 Å². The van der Waals surface area contributed by atoms with Crippen LogP contribution in [-0.2, 0) is 9.59 Å². The van der Waals surface area contributed by atoms with E-state index in [1.165, 1.54) is 18.4 Å². The van der Waals surface area contributed by atoms with Crippen molar-refractivity contribution in [3.63, 3.8) is 0 Å². The maximum absolute atomic E-state index is 12.2. The number of nitrogens with zero attached hydrogens (tertiary/aromatic N) is 1. The summed E-state index contributed by atoms with van der Waals surface area (Å²) in [5, 5.41) is 3.00. The molecule has 2 amide bonds. The molecular formula is C16H26N2O2. The zero-order valence-corrected chi connectivity index (χ0v) is 12.9. The molecule has 0 radical (unpaired) electrons. The first-order valence-electron chi connectivity index (χ1n) is 7.64. The molecule has 0 spiro atoms. The summed E-state index contributed by atoms with van der Waals surface area (Å²) in [6, 6.07) is 0. The van der Waals surface area contributed by atoms with Gasteiger partial charge in [-0.25, -0.2) is 0 Å². The van der Waals surface area contributed by atoms with Crippen LogP contribution in [0.4, 0.5) is 0 Å². The summed E-state index contributed by atoms with van der Waals surface area (Å²) in [5.74, 6) is -0.0722. The van der Waals surface area contributed by atoms with Gasteiger partial charge in [-0.3, -0.25) is 9.59 Å². The molecule has 1 atom stereocenters. The number of hydrogen-bond donors (Lipinski definition) is 1. The molecule has 0 aromatic rings. The van der Waals surface area contributed by atoms with Crippen LogP contribution in [-0.4, -0.2) is 35.3 Å². The second-order valence-electron chi connectivity index (χ2n) is 6.90. The molecule has 0 saturated carbocycles. The SMILES string of the molecule is CC(C)(C)N1C[C@@H](C(=O)NCC2=CCCCC2)CC1=O. The summed E-state index contributed by atoms with van der Waals surface area (Å²) in [6.07, 6.45) is 7.30. The lowest BCUT2D eigenvalue weighted by Gasteiger charge is -2.32. The van der Waals surface area contributed by atoms with Crippen LogP contribution in [0.15, 0.2) is 11.6 Å².